The third-order valence-electron chi connectivity index (χ3n) is 3.49. The average molecular weight is 343 g/mol. The number of benzene rings is 1. The number of unbranched alkanes of at least 4 members (excludes halogenated alkanes) is 2. The normalized spacial score (nSPS) is 13.3. The van der Waals surface area contributed by atoms with Crippen molar-refractivity contribution in [2.45, 2.75) is 63.9 Å². The van der Waals surface area contributed by atoms with Gasteiger partial charge in [-0.05, 0) is 43.0 Å². The molecule has 0 saturated carbocycles. The predicted molar refractivity (Wildman–Crippen MR) is 92.4 cm³/mol. The van der Waals surface area contributed by atoms with Gasteiger partial charge in [-0.1, -0.05) is 33.6 Å². The zero-order valence-electron chi connectivity index (χ0n) is 14.5. The van der Waals surface area contributed by atoms with E-state index in [4.69, 9.17) is 4.74 Å². The molecule has 132 valence electrons. The minimum absolute atomic E-state index is 0.00534. The van der Waals surface area contributed by atoms with Gasteiger partial charge in [-0.3, -0.25) is 0 Å². The highest BCUT2D eigenvalue weighted by atomic mass is 32.2. The fourth-order valence-electron chi connectivity index (χ4n) is 2.12. The number of aliphatic hydroxyl groups excluding tert-OH is 1. The van der Waals surface area contributed by atoms with E-state index in [1.165, 1.54) is 6.92 Å². The van der Waals surface area contributed by atoms with Gasteiger partial charge in [-0.25, -0.2) is 13.1 Å². The molecule has 6 heteroatoms. The summed E-state index contributed by atoms with van der Waals surface area (Å²) in [6.45, 7) is 8.32. The summed E-state index contributed by atoms with van der Waals surface area (Å²) >= 11 is 0. The van der Waals surface area contributed by atoms with Crippen molar-refractivity contribution in [2.75, 3.05) is 13.2 Å². The summed E-state index contributed by atoms with van der Waals surface area (Å²) in [4.78, 5) is 0.197. The highest BCUT2D eigenvalue weighted by molar-refractivity contribution is 7.89. The average Bonchev–Trinajstić information content (AvgIpc) is 2.49. The molecule has 1 aromatic rings. The third kappa shape index (κ3) is 6.49. The first-order chi connectivity index (χ1) is 10.8. The van der Waals surface area contributed by atoms with Gasteiger partial charge in [0.15, 0.2) is 0 Å². The van der Waals surface area contributed by atoms with E-state index in [0.717, 1.165) is 30.6 Å². The van der Waals surface area contributed by atoms with Crippen LogP contribution in [0.4, 0.5) is 0 Å². The fourth-order valence-corrected chi connectivity index (χ4v) is 3.28. The Kier molecular flexibility index (Phi) is 8.02. The second-order valence-electron chi connectivity index (χ2n) is 6.11. The van der Waals surface area contributed by atoms with Crippen molar-refractivity contribution in [3.05, 3.63) is 23.8 Å². The van der Waals surface area contributed by atoms with Crippen LogP contribution in [-0.4, -0.2) is 32.8 Å². The first-order valence-electron chi connectivity index (χ1n) is 8.22. The van der Waals surface area contributed by atoms with Crippen molar-refractivity contribution >= 4 is 10.0 Å². The molecule has 0 aromatic heterocycles. The summed E-state index contributed by atoms with van der Waals surface area (Å²) in [5.74, 6) is 0.897. The molecule has 0 fully saturated rings. The highest BCUT2D eigenvalue weighted by Crippen LogP contribution is 2.29. The lowest BCUT2D eigenvalue weighted by atomic mass is 10.0. The number of hydrogen-bond acceptors (Lipinski definition) is 4. The van der Waals surface area contributed by atoms with Crippen LogP contribution in [0.2, 0.25) is 0 Å². The summed E-state index contributed by atoms with van der Waals surface area (Å²) in [6.07, 6.45) is 2.51. The SMILES string of the molecule is CCCCCOc1ccc(S(=O)(=O)NC[C@H](C)O)cc1C(C)C. The molecular formula is C17H29NO4S. The third-order valence-corrected chi connectivity index (χ3v) is 4.91. The quantitative estimate of drug-likeness (QED) is 0.640. The molecule has 1 atom stereocenters. The number of rotatable bonds is 10. The van der Waals surface area contributed by atoms with Crippen molar-refractivity contribution < 1.29 is 18.3 Å². The Labute approximate surface area is 140 Å². The van der Waals surface area contributed by atoms with Crippen LogP contribution in [0.15, 0.2) is 23.1 Å². The first-order valence-corrected chi connectivity index (χ1v) is 9.70. The highest BCUT2D eigenvalue weighted by Gasteiger charge is 2.18. The van der Waals surface area contributed by atoms with Crippen molar-refractivity contribution in [3.63, 3.8) is 0 Å². The molecule has 0 aliphatic heterocycles. The number of nitrogens with one attached hydrogen (secondary N) is 1. The van der Waals surface area contributed by atoms with E-state index in [1.807, 2.05) is 13.8 Å². The predicted octanol–water partition coefficient (Wildman–Crippen LogP) is 3.04. The summed E-state index contributed by atoms with van der Waals surface area (Å²) in [7, 11) is -3.62. The summed E-state index contributed by atoms with van der Waals surface area (Å²) in [6, 6.07) is 4.92. The molecule has 0 heterocycles. The van der Waals surface area contributed by atoms with E-state index >= 15 is 0 Å². The van der Waals surface area contributed by atoms with Crippen LogP contribution in [0.1, 0.15) is 58.4 Å². The van der Waals surface area contributed by atoms with Gasteiger partial charge in [-0.2, -0.15) is 0 Å². The van der Waals surface area contributed by atoms with Crippen LogP contribution in [0.25, 0.3) is 0 Å². The van der Waals surface area contributed by atoms with Crippen molar-refractivity contribution in [3.8, 4) is 5.75 Å². The number of hydrogen-bond donors (Lipinski definition) is 2. The molecule has 0 aliphatic carbocycles. The van der Waals surface area contributed by atoms with Crippen LogP contribution in [0, 0.1) is 0 Å². The zero-order valence-corrected chi connectivity index (χ0v) is 15.3. The van der Waals surface area contributed by atoms with E-state index in [9.17, 15) is 13.5 Å². The largest absolute Gasteiger partial charge is 0.493 e. The van der Waals surface area contributed by atoms with E-state index in [-0.39, 0.29) is 17.4 Å². The molecule has 5 nitrogen and oxygen atoms in total. The molecule has 1 rings (SSSR count). The van der Waals surface area contributed by atoms with E-state index < -0.39 is 16.1 Å². The van der Waals surface area contributed by atoms with Crippen molar-refractivity contribution in [1.29, 1.82) is 0 Å². The molecule has 0 bridgehead atoms. The summed E-state index contributed by atoms with van der Waals surface area (Å²) in [5.41, 5.74) is 0.876. The van der Waals surface area contributed by atoms with Crippen molar-refractivity contribution in [1.82, 2.24) is 4.72 Å². The molecule has 0 spiro atoms. The Hall–Kier alpha value is -1.11. The Balaban J connectivity index is 2.94. The van der Waals surface area contributed by atoms with Crippen LogP contribution in [0.3, 0.4) is 0 Å². The maximum Gasteiger partial charge on any atom is 0.240 e. The summed E-state index contributed by atoms with van der Waals surface area (Å²) < 4.78 is 32.7. The van der Waals surface area contributed by atoms with Crippen molar-refractivity contribution in [2.24, 2.45) is 0 Å². The minimum Gasteiger partial charge on any atom is -0.493 e. The smallest absolute Gasteiger partial charge is 0.240 e. The van der Waals surface area contributed by atoms with Gasteiger partial charge in [0.05, 0.1) is 17.6 Å². The Morgan fingerprint density at radius 1 is 1.22 bits per heavy atom. The molecule has 0 unspecified atom stereocenters. The topological polar surface area (TPSA) is 75.6 Å². The molecule has 1 aromatic carbocycles. The van der Waals surface area contributed by atoms with Crippen LogP contribution >= 0.6 is 0 Å². The van der Waals surface area contributed by atoms with Crippen LogP contribution < -0.4 is 9.46 Å². The van der Waals surface area contributed by atoms with Gasteiger partial charge in [0, 0.05) is 6.54 Å². The molecule has 2 N–H and O–H groups in total. The minimum atomic E-state index is -3.62. The standard InChI is InChI=1S/C17H29NO4S/c1-5-6-7-10-22-17-9-8-15(11-16(17)13(2)3)23(20,21)18-12-14(4)19/h8-9,11,13-14,18-19H,5-7,10,12H2,1-4H3/t14-/m0/s1. The van der Waals surface area contributed by atoms with Gasteiger partial charge in [-0.15, -0.1) is 0 Å². The van der Waals surface area contributed by atoms with Gasteiger partial charge < -0.3 is 9.84 Å². The monoisotopic (exact) mass is 343 g/mol. The fraction of sp³-hybridized carbons (Fsp3) is 0.647. The molecule has 0 amide bonds. The molecule has 0 radical (unpaired) electrons. The van der Waals surface area contributed by atoms with Gasteiger partial charge in [0.2, 0.25) is 10.0 Å². The lowest BCUT2D eigenvalue weighted by molar-refractivity contribution is 0.198. The van der Waals surface area contributed by atoms with Crippen LogP contribution in [0.5, 0.6) is 5.75 Å². The van der Waals surface area contributed by atoms with Gasteiger partial charge in [0.1, 0.15) is 5.75 Å². The zero-order chi connectivity index (χ0) is 17.5. The Morgan fingerprint density at radius 3 is 2.48 bits per heavy atom. The Bertz CT molecular complexity index is 582. The number of sulfonamides is 1. The van der Waals surface area contributed by atoms with Crippen LogP contribution in [-0.2, 0) is 10.0 Å². The van der Waals surface area contributed by atoms with E-state index in [2.05, 4.69) is 11.6 Å². The van der Waals surface area contributed by atoms with Gasteiger partial charge in [0.25, 0.3) is 0 Å². The summed E-state index contributed by atoms with van der Waals surface area (Å²) in [5, 5.41) is 9.24. The lowest BCUT2D eigenvalue weighted by Gasteiger charge is -2.16. The number of ether oxygens (including phenoxy) is 1. The number of aliphatic hydroxyl groups is 1. The molecule has 0 saturated heterocycles. The molecule has 0 aliphatic rings. The maximum atomic E-state index is 12.3. The maximum absolute atomic E-state index is 12.3. The molecule has 23 heavy (non-hydrogen) atoms. The van der Waals surface area contributed by atoms with E-state index in [0.29, 0.717) is 6.61 Å². The Morgan fingerprint density at radius 2 is 1.91 bits per heavy atom. The first kappa shape index (κ1) is 19.9. The second kappa shape index (κ2) is 9.25. The van der Waals surface area contributed by atoms with E-state index in [1.54, 1.807) is 18.2 Å². The second-order valence-corrected chi connectivity index (χ2v) is 7.88. The molecular weight excluding hydrogens is 314 g/mol. The lowest BCUT2D eigenvalue weighted by Crippen LogP contribution is -2.30. The van der Waals surface area contributed by atoms with Gasteiger partial charge >= 0.3 is 0 Å².